The van der Waals surface area contributed by atoms with Gasteiger partial charge in [0.25, 0.3) is 0 Å². The Kier molecular flexibility index (Phi) is 4.18. The van der Waals surface area contributed by atoms with Gasteiger partial charge in [0.2, 0.25) is 0 Å². The number of hydrogen-bond acceptors (Lipinski definition) is 1. The Bertz CT molecular complexity index is 816. The highest BCUT2D eigenvalue weighted by Crippen LogP contribution is 2.41. The smallest absolute Gasteiger partial charge is 0.282 e. The number of rotatable bonds is 3. The Morgan fingerprint density at radius 1 is 0.917 bits per heavy atom. The Morgan fingerprint density at radius 3 is 2.12 bits per heavy atom. The molecule has 0 aliphatic rings. The molecule has 0 fully saturated rings. The van der Waals surface area contributed by atoms with Crippen LogP contribution in [0.5, 0.6) is 0 Å². The van der Waals surface area contributed by atoms with Crippen molar-refractivity contribution in [3.05, 3.63) is 88.2 Å². The molecule has 0 amide bonds. The summed E-state index contributed by atoms with van der Waals surface area (Å²) in [6, 6.07) is 15.0. The van der Waals surface area contributed by atoms with Gasteiger partial charge in [0.15, 0.2) is 0 Å². The minimum absolute atomic E-state index is 0.240. The van der Waals surface area contributed by atoms with Crippen LogP contribution >= 0.6 is 0 Å². The third-order valence-corrected chi connectivity index (χ3v) is 4.18. The normalized spacial score (nSPS) is 13.0. The van der Waals surface area contributed by atoms with Crippen LogP contribution in [0.3, 0.4) is 0 Å². The predicted octanol–water partition coefficient (Wildman–Crippen LogP) is 5.23. The molecular formula is C19H17F3N2. The molecule has 0 saturated carbocycles. The monoisotopic (exact) mass is 330 g/mol. The van der Waals surface area contributed by atoms with Crippen molar-refractivity contribution >= 4 is 0 Å². The van der Waals surface area contributed by atoms with Gasteiger partial charge in [0, 0.05) is 17.2 Å². The summed E-state index contributed by atoms with van der Waals surface area (Å²) in [4.78, 5) is 0. The summed E-state index contributed by atoms with van der Waals surface area (Å²) < 4.78 is 40.6. The SMILES string of the molecule is Cc1n[nH]c(C)c1C(c1ccccc1)c1ccccc1C(F)(F)F. The maximum atomic E-state index is 13.5. The van der Waals surface area contributed by atoms with Gasteiger partial charge in [0.1, 0.15) is 0 Å². The molecule has 0 bridgehead atoms. The number of H-pyrrole nitrogens is 1. The van der Waals surface area contributed by atoms with E-state index in [0.717, 1.165) is 22.9 Å². The van der Waals surface area contributed by atoms with Crippen LogP contribution in [0.25, 0.3) is 0 Å². The number of hydrogen-bond donors (Lipinski definition) is 1. The number of aromatic nitrogens is 2. The van der Waals surface area contributed by atoms with Gasteiger partial charge in [-0.3, -0.25) is 5.10 Å². The van der Waals surface area contributed by atoms with Crippen LogP contribution in [0.4, 0.5) is 13.2 Å². The van der Waals surface area contributed by atoms with Crippen molar-refractivity contribution in [1.29, 1.82) is 0 Å². The molecule has 0 aliphatic carbocycles. The Morgan fingerprint density at radius 2 is 1.54 bits per heavy atom. The van der Waals surface area contributed by atoms with Crippen molar-refractivity contribution in [2.75, 3.05) is 0 Å². The van der Waals surface area contributed by atoms with Crippen LogP contribution < -0.4 is 0 Å². The molecule has 2 aromatic carbocycles. The molecule has 124 valence electrons. The van der Waals surface area contributed by atoms with Crippen molar-refractivity contribution in [1.82, 2.24) is 10.2 Å². The van der Waals surface area contributed by atoms with Gasteiger partial charge in [-0.1, -0.05) is 48.5 Å². The lowest BCUT2D eigenvalue weighted by molar-refractivity contribution is -0.138. The fourth-order valence-electron chi connectivity index (χ4n) is 3.14. The van der Waals surface area contributed by atoms with Crippen molar-refractivity contribution in [3.63, 3.8) is 0 Å². The van der Waals surface area contributed by atoms with Crippen molar-refractivity contribution in [2.45, 2.75) is 25.9 Å². The van der Waals surface area contributed by atoms with E-state index in [1.807, 2.05) is 44.2 Å². The number of aromatic amines is 1. The van der Waals surface area contributed by atoms with Gasteiger partial charge in [-0.05, 0) is 31.0 Å². The molecule has 3 rings (SSSR count). The van der Waals surface area contributed by atoms with Crippen molar-refractivity contribution < 1.29 is 13.2 Å². The van der Waals surface area contributed by atoms with Crippen LogP contribution in [-0.2, 0) is 6.18 Å². The van der Waals surface area contributed by atoms with Crippen LogP contribution in [0.15, 0.2) is 54.6 Å². The second-order valence-corrected chi connectivity index (χ2v) is 5.78. The quantitative estimate of drug-likeness (QED) is 0.700. The van der Waals surface area contributed by atoms with E-state index in [2.05, 4.69) is 10.2 Å². The van der Waals surface area contributed by atoms with E-state index in [0.29, 0.717) is 5.69 Å². The first-order valence-electron chi connectivity index (χ1n) is 7.62. The molecule has 1 unspecified atom stereocenters. The van der Waals surface area contributed by atoms with Gasteiger partial charge < -0.3 is 0 Å². The Balaban J connectivity index is 2.29. The first kappa shape index (κ1) is 16.3. The molecule has 1 aromatic heterocycles. The first-order chi connectivity index (χ1) is 11.4. The molecule has 0 saturated heterocycles. The van der Waals surface area contributed by atoms with Gasteiger partial charge in [-0.25, -0.2) is 0 Å². The summed E-state index contributed by atoms with van der Waals surface area (Å²) in [7, 11) is 0. The molecule has 24 heavy (non-hydrogen) atoms. The van der Waals surface area contributed by atoms with Crippen LogP contribution in [0, 0.1) is 13.8 Å². The van der Waals surface area contributed by atoms with Gasteiger partial charge in [-0.2, -0.15) is 18.3 Å². The highest BCUT2D eigenvalue weighted by Gasteiger charge is 2.36. The molecule has 1 atom stereocenters. The summed E-state index contributed by atoms with van der Waals surface area (Å²) in [6.07, 6.45) is -4.41. The standard InChI is InChI=1S/C19H17F3N2/c1-12-17(13(2)24-23-12)18(14-8-4-3-5-9-14)15-10-6-7-11-16(15)19(20,21)22/h3-11,18H,1-2H3,(H,23,24). The fraction of sp³-hybridized carbons (Fsp3) is 0.211. The molecule has 1 N–H and O–H groups in total. The zero-order chi connectivity index (χ0) is 17.3. The van der Waals surface area contributed by atoms with Crippen molar-refractivity contribution in [3.8, 4) is 0 Å². The van der Waals surface area contributed by atoms with E-state index in [1.54, 1.807) is 12.1 Å². The number of benzene rings is 2. The number of aryl methyl sites for hydroxylation is 2. The Labute approximate surface area is 138 Å². The molecule has 0 aliphatic heterocycles. The van der Waals surface area contributed by atoms with E-state index >= 15 is 0 Å². The van der Waals surface area contributed by atoms with Gasteiger partial charge in [-0.15, -0.1) is 0 Å². The highest BCUT2D eigenvalue weighted by molar-refractivity contribution is 5.49. The molecule has 0 radical (unpaired) electrons. The summed E-state index contributed by atoms with van der Waals surface area (Å²) in [5.74, 6) is -0.525. The van der Waals surface area contributed by atoms with Crippen molar-refractivity contribution in [2.24, 2.45) is 0 Å². The van der Waals surface area contributed by atoms with E-state index < -0.39 is 17.7 Å². The van der Waals surface area contributed by atoms with E-state index in [1.165, 1.54) is 6.07 Å². The van der Waals surface area contributed by atoms with E-state index in [-0.39, 0.29) is 5.56 Å². The molecule has 3 aromatic rings. The number of halogens is 3. The minimum atomic E-state index is -4.41. The minimum Gasteiger partial charge on any atom is -0.282 e. The lowest BCUT2D eigenvalue weighted by Crippen LogP contribution is -2.14. The first-order valence-corrected chi connectivity index (χ1v) is 7.62. The van der Waals surface area contributed by atoms with Crippen LogP contribution in [0.2, 0.25) is 0 Å². The van der Waals surface area contributed by atoms with E-state index in [4.69, 9.17) is 0 Å². The average molecular weight is 330 g/mol. The largest absolute Gasteiger partial charge is 0.416 e. The summed E-state index contributed by atoms with van der Waals surface area (Å²) in [5.41, 5.74) is 2.71. The molecular weight excluding hydrogens is 313 g/mol. The average Bonchev–Trinajstić information content (AvgIpc) is 2.88. The molecule has 2 nitrogen and oxygen atoms in total. The second-order valence-electron chi connectivity index (χ2n) is 5.78. The maximum absolute atomic E-state index is 13.5. The van der Waals surface area contributed by atoms with Gasteiger partial charge >= 0.3 is 6.18 Å². The molecule has 1 heterocycles. The lowest BCUT2D eigenvalue weighted by Gasteiger charge is -2.23. The lowest BCUT2D eigenvalue weighted by atomic mass is 9.82. The third-order valence-electron chi connectivity index (χ3n) is 4.18. The topological polar surface area (TPSA) is 28.7 Å². The summed E-state index contributed by atoms with van der Waals surface area (Å²) >= 11 is 0. The number of nitrogens with zero attached hydrogens (tertiary/aromatic N) is 1. The maximum Gasteiger partial charge on any atom is 0.416 e. The molecule has 0 spiro atoms. The third kappa shape index (κ3) is 2.94. The van der Waals surface area contributed by atoms with Gasteiger partial charge in [0.05, 0.1) is 11.3 Å². The zero-order valence-electron chi connectivity index (χ0n) is 13.4. The second kappa shape index (κ2) is 6.15. The number of alkyl halides is 3. The highest BCUT2D eigenvalue weighted by atomic mass is 19.4. The summed E-state index contributed by atoms with van der Waals surface area (Å²) in [5, 5.41) is 7.06. The molecule has 5 heteroatoms. The number of nitrogens with one attached hydrogen (secondary N) is 1. The summed E-state index contributed by atoms with van der Waals surface area (Å²) in [6.45, 7) is 3.65. The van der Waals surface area contributed by atoms with Crippen LogP contribution in [0.1, 0.15) is 39.6 Å². The fourth-order valence-corrected chi connectivity index (χ4v) is 3.14. The zero-order valence-corrected chi connectivity index (χ0v) is 13.4. The predicted molar refractivity (Wildman–Crippen MR) is 86.9 cm³/mol. The van der Waals surface area contributed by atoms with E-state index in [9.17, 15) is 13.2 Å². The van der Waals surface area contributed by atoms with Crippen LogP contribution in [-0.4, -0.2) is 10.2 Å². The Hall–Kier alpha value is -2.56.